The first kappa shape index (κ1) is 21.1. The summed E-state index contributed by atoms with van der Waals surface area (Å²) in [6.07, 6.45) is 0. The van der Waals surface area contributed by atoms with Crippen molar-refractivity contribution in [2.45, 2.75) is 0 Å². The molecule has 0 bridgehead atoms. The summed E-state index contributed by atoms with van der Waals surface area (Å²) >= 11 is 6.07. The van der Waals surface area contributed by atoms with E-state index in [9.17, 15) is 14.0 Å². The molecule has 0 aliphatic carbocycles. The minimum Gasteiger partial charge on any atom is -0.491 e. The van der Waals surface area contributed by atoms with Gasteiger partial charge in [-0.25, -0.2) is 4.39 Å². The van der Waals surface area contributed by atoms with Gasteiger partial charge in [0, 0.05) is 38.3 Å². The molecule has 154 valence electrons. The average molecular weight is 420 g/mol. The van der Waals surface area contributed by atoms with Gasteiger partial charge in [0.05, 0.1) is 11.6 Å². The second-order valence-electron chi connectivity index (χ2n) is 6.69. The van der Waals surface area contributed by atoms with Gasteiger partial charge in [0.25, 0.3) is 5.91 Å². The number of para-hydroxylation sites is 1. The zero-order chi connectivity index (χ0) is 20.6. The highest BCUT2D eigenvalue weighted by Gasteiger charge is 2.21. The number of nitrogens with zero attached hydrogens (tertiary/aromatic N) is 2. The predicted molar refractivity (Wildman–Crippen MR) is 109 cm³/mol. The summed E-state index contributed by atoms with van der Waals surface area (Å²) in [4.78, 5) is 28.3. The monoisotopic (exact) mass is 419 g/mol. The van der Waals surface area contributed by atoms with Gasteiger partial charge in [0.15, 0.2) is 0 Å². The summed E-state index contributed by atoms with van der Waals surface area (Å²) in [6, 6.07) is 12.7. The van der Waals surface area contributed by atoms with Crippen LogP contribution in [0.15, 0.2) is 48.5 Å². The number of ether oxygens (including phenoxy) is 1. The largest absolute Gasteiger partial charge is 0.491 e. The van der Waals surface area contributed by atoms with E-state index in [-0.39, 0.29) is 18.0 Å². The van der Waals surface area contributed by atoms with Crippen LogP contribution in [0.5, 0.6) is 5.75 Å². The maximum Gasteiger partial charge on any atom is 0.251 e. The minimum atomic E-state index is -0.487. The number of carbonyl (C=O) groups is 2. The lowest BCUT2D eigenvalue weighted by Crippen LogP contribution is -2.51. The molecule has 6 nitrogen and oxygen atoms in total. The van der Waals surface area contributed by atoms with E-state index >= 15 is 0 Å². The fraction of sp³-hybridized carbons (Fsp3) is 0.333. The Hall–Kier alpha value is -2.64. The van der Waals surface area contributed by atoms with Crippen molar-refractivity contribution in [3.05, 3.63) is 64.9 Å². The van der Waals surface area contributed by atoms with Crippen molar-refractivity contribution in [3.63, 3.8) is 0 Å². The van der Waals surface area contributed by atoms with Crippen LogP contribution in [0.3, 0.4) is 0 Å². The predicted octanol–water partition coefficient (Wildman–Crippen LogP) is 2.43. The molecule has 2 aromatic rings. The first-order valence-electron chi connectivity index (χ1n) is 9.44. The van der Waals surface area contributed by atoms with Crippen LogP contribution in [0.2, 0.25) is 5.02 Å². The molecule has 1 aliphatic rings. The van der Waals surface area contributed by atoms with Crippen molar-refractivity contribution in [1.82, 2.24) is 15.1 Å². The first-order chi connectivity index (χ1) is 14.0. The standard InChI is InChI=1S/C21H23ClFN3O3/c22-18-6-1-2-7-19(18)29-13-12-25-8-10-26(11-9-25)20(27)15-24-21(28)16-4-3-5-17(23)14-16/h1-7,14H,8-13,15H2,(H,24,28). The maximum absolute atomic E-state index is 13.2. The summed E-state index contributed by atoms with van der Waals surface area (Å²) in [5, 5.41) is 3.14. The lowest BCUT2D eigenvalue weighted by atomic mass is 10.2. The number of hydrogen-bond donors (Lipinski definition) is 1. The van der Waals surface area contributed by atoms with Crippen molar-refractivity contribution in [2.75, 3.05) is 45.9 Å². The van der Waals surface area contributed by atoms with Crippen LogP contribution in [-0.2, 0) is 4.79 Å². The maximum atomic E-state index is 13.2. The Bertz CT molecular complexity index is 857. The van der Waals surface area contributed by atoms with Gasteiger partial charge in [-0.1, -0.05) is 29.8 Å². The van der Waals surface area contributed by atoms with Gasteiger partial charge >= 0.3 is 0 Å². The van der Waals surface area contributed by atoms with E-state index in [4.69, 9.17) is 16.3 Å². The number of carbonyl (C=O) groups excluding carboxylic acids is 2. The number of amides is 2. The third-order valence-corrected chi connectivity index (χ3v) is 5.03. The van der Waals surface area contributed by atoms with Gasteiger partial charge in [0.1, 0.15) is 18.2 Å². The van der Waals surface area contributed by atoms with E-state index in [1.807, 2.05) is 18.2 Å². The summed E-state index contributed by atoms with van der Waals surface area (Å²) in [5.74, 6) is -0.439. The van der Waals surface area contributed by atoms with Crippen molar-refractivity contribution in [3.8, 4) is 5.75 Å². The molecule has 1 fully saturated rings. The molecule has 1 saturated heterocycles. The Morgan fingerprint density at radius 3 is 2.55 bits per heavy atom. The van der Waals surface area contributed by atoms with Crippen molar-refractivity contribution in [1.29, 1.82) is 0 Å². The Morgan fingerprint density at radius 2 is 1.83 bits per heavy atom. The summed E-state index contributed by atoms with van der Waals surface area (Å²) in [5.41, 5.74) is 0.195. The molecule has 8 heteroatoms. The molecule has 0 atom stereocenters. The van der Waals surface area contributed by atoms with Crippen molar-refractivity contribution < 1.29 is 18.7 Å². The molecule has 0 unspecified atom stereocenters. The molecule has 1 aliphatic heterocycles. The topological polar surface area (TPSA) is 61.9 Å². The van der Waals surface area contributed by atoms with Gasteiger partial charge in [-0.15, -0.1) is 0 Å². The third kappa shape index (κ3) is 6.17. The zero-order valence-corrected chi connectivity index (χ0v) is 16.7. The Morgan fingerprint density at radius 1 is 1.07 bits per heavy atom. The van der Waals surface area contributed by atoms with Crippen LogP contribution < -0.4 is 10.1 Å². The number of hydrogen-bond acceptors (Lipinski definition) is 4. The van der Waals surface area contributed by atoms with E-state index in [0.717, 1.165) is 25.7 Å². The quantitative estimate of drug-likeness (QED) is 0.748. The fourth-order valence-electron chi connectivity index (χ4n) is 3.07. The van der Waals surface area contributed by atoms with E-state index < -0.39 is 11.7 Å². The highest BCUT2D eigenvalue weighted by Crippen LogP contribution is 2.22. The summed E-state index contributed by atoms with van der Waals surface area (Å²) in [7, 11) is 0. The third-order valence-electron chi connectivity index (χ3n) is 4.71. The van der Waals surface area contributed by atoms with Gasteiger partial charge in [0.2, 0.25) is 5.91 Å². The summed E-state index contributed by atoms with van der Waals surface area (Å²) in [6.45, 7) is 3.78. The Labute approximate surface area is 174 Å². The molecule has 2 amide bonds. The smallest absolute Gasteiger partial charge is 0.251 e. The van der Waals surface area contributed by atoms with Crippen LogP contribution in [0.1, 0.15) is 10.4 Å². The van der Waals surface area contributed by atoms with Crippen LogP contribution in [-0.4, -0.2) is 67.5 Å². The lowest BCUT2D eigenvalue weighted by molar-refractivity contribution is -0.131. The second-order valence-corrected chi connectivity index (χ2v) is 7.10. The molecule has 0 radical (unpaired) electrons. The number of nitrogens with one attached hydrogen (secondary N) is 1. The van der Waals surface area contributed by atoms with Crippen LogP contribution in [0.4, 0.5) is 4.39 Å². The van der Waals surface area contributed by atoms with Crippen LogP contribution in [0.25, 0.3) is 0 Å². The molecule has 29 heavy (non-hydrogen) atoms. The zero-order valence-electron chi connectivity index (χ0n) is 15.9. The molecule has 2 aromatic carbocycles. The molecular weight excluding hydrogens is 397 g/mol. The van der Waals surface area contributed by atoms with Crippen LogP contribution in [0, 0.1) is 5.82 Å². The number of piperazine rings is 1. The Kier molecular flexibility index (Phi) is 7.43. The second kappa shape index (κ2) is 10.2. The molecule has 3 rings (SSSR count). The average Bonchev–Trinajstić information content (AvgIpc) is 2.73. The molecule has 1 heterocycles. The lowest BCUT2D eigenvalue weighted by Gasteiger charge is -2.34. The van der Waals surface area contributed by atoms with E-state index in [0.29, 0.717) is 30.5 Å². The normalized spacial score (nSPS) is 14.5. The first-order valence-corrected chi connectivity index (χ1v) is 9.82. The van der Waals surface area contributed by atoms with Crippen molar-refractivity contribution in [2.24, 2.45) is 0 Å². The van der Waals surface area contributed by atoms with Gasteiger partial charge < -0.3 is 15.0 Å². The molecule has 0 saturated carbocycles. The van der Waals surface area contributed by atoms with Crippen molar-refractivity contribution >= 4 is 23.4 Å². The minimum absolute atomic E-state index is 0.106. The van der Waals surface area contributed by atoms with E-state index in [1.54, 1.807) is 11.0 Å². The molecule has 1 N–H and O–H groups in total. The van der Waals surface area contributed by atoms with E-state index in [2.05, 4.69) is 10.2 Å². The van der Waals surface area contributed by atoms with Gasteiger partial charge in [-0.3, -0.25) is 14.5 Å². The van der Waals surface area contributed by atoms with E-state index in [1.165, 1.54) is 18.2 Å². The SMILES string of the molecule is O=C(NCC(=O)N1CCN(CCOc2ccccc2Cl)CC1)c1cccc(F)c1. The molecule has 0 aromatic heterocycles. The number of benzene rings is 2. The molecular formula is C21H23ClFN3O3. The van der Waals surface area contributed by atoms with Gasteiger partial charge in [-0.2, -0.15) is 0 Å². The highest BCUT2D eigenvalue weighted by atomic mass is 35.5. The fourth-order valence-corrected chi connectivity index (χ4v) is 3.26. The van der Waals surface area contributed by atoms with Crippen LogP contribution >= 0.6 is 11.6 Å². The number of rotatable bonds is 7. The van der Waals surface area contributed by atoms with Gasteiger partial charge in [-0.05, 0) is 30.3 Å². The molecule has 0 spiro atoms. The number of halogens is 2. The highest BCUT2D eigenvalue weighted by molar-refractivity contribution is 6.32. The Balaban J connectivity index is 1.36. The summed E-state index contributed by atoms with van der Waals surface area (Å²) < 4.78 is 18.9.